The van der Waals surface area contributed by atoms with Crippen LogP contribution in [0.25, 0.3) is 6.08 Å². The number of thiophene rings is 1. The van der Waals surface area contributed by atoms with Crippen molar-refractivity contribution >= 4 is 46.4 Å². The number of anilines is 1. The molecule has 4 heterocycles. The Hall–Kier alpha value is -2.92. The van der Waals surface area contributed by atoms with Gasteiger partial charge in [0.05, 0.1) is 11.0 Å². The molecular weight excluding hydrogens is 546 g/mol. The number of carboxylic acid groups (broad SMARTS) is 1. The van der Waals surface area contributed by atoms with E-state index in [2.05, 4.69) is 10.2 Å². The topological polar surface area (TPSA) is 125 Å². The molecule has 1 spiro atoms. The molecule has 1 aromatic rings. The monoisotopic (exact) mass is 589 g/mol. The molecule has 3 saturated heterocycles. The molecule has 226 valence electrons. The fourth-order valence-corrected chi connectivity index (χ4v) is 7.30. The van der Waals surface area contributed by atoms with Gasteiger partial charge in [-0.05, 0) is 85.4 Å². The molecule has 0 aliphatic carbocycles. The van der Waals surface area contributed by atoms with Gasteiger partial charge in [-0.15, -0.1) is 11.3 Å². The van der Waals surface area contributed by atoms with Crippen molar-refractivity contribution in [3.63, 3.8) is 0 Å². The third-order valence-electron chi connectivity index (χ3n) is 8.01. The Kier molecular flexibility index (Phi) is 8.90. The summed E-state index contributed by atoms with van der Waals surface area (Å²) in [5.41, 5.74) is -1.06. The first kappa shape index (κ1) is 31.0. The number of hydrogen-bond acceptors (Lipinski definition) is 8. The number of aliphatic carboxylic acids is 1. The summed E-state index contributed by atoms with van der Waals surface area (Å²) in [6.07, 6.45) is 5.29. The van der Waals surface area contributed by atoms with E-state index in [0.717, 1.165) is 50.0 Å². The van der Waals surface area contributed by atoms with Crippen molar-refractivity contribution in [1.82, 2.24) is 9.80 Å². The number of carboxylic acids is 1. The van der Waals surface area contributed by atoms with E-state index >= 15 is 0 Å². The quantitative estimate of drug-likeness (QED) is 0.334. The van der Waals surface area contributed by atoms with Gasteiger partial charge >= 0.3 is 18.0 Å². The van der Waals surface area contributed by atoms with Crippen molar-refractivity contribution < 1.29 is 33.8 Å². The first-order chi connectivity index (χ1) is 19.1. The van der Waals surface area contributed by atoms with E-state index in [1.54, 1.807) is 38.7 Å². The molecule has 0 radical (unpaired) electrons. The highest BCUT2D eigenvalue weighted by atomic mass is 32.1. The number of piperidine rings is 2. The van der Waals surface area contributed by atoms with E-state index in [0.29, 0.717) is 41.5 Å². The molecule has 0 bridgehead atoms. The molecule has 4 rings (SSSR count). The highest BCUT2D eigenvalue weighted by Crippen LogP contribution is 2.47. The van der Waals surface area contributed by atoms with Crippen molar-refractivity contribution in [2.75, 3.05) is 31.5 Å². The van der Waals surface area contributed by atoms with E-state index in [-0.39, 0.29) is 23.5 Å². The third-order valence-corrected chi connectivity index (χ3v) is 9.01. The number of carbonyl (C=O) groups excluding carboxylic acids is 3. The lowest BCUT2D eigenvalue weighted by atomic mass is 9.74. The van der Waals surface area contributed by atoms with Crippen LogP contribution in [0, 0.1) is 5.41 Å². The van der Waals surface area contributed by atoms with Crippen LogP contribution < -0.4 is 5.32 Å². The van der Waals surface area contributed by atoms with Crippen molar-refractivity contribution in [2.24, 2.45) is 5.41 Å². The lowest BCUT2D eigenvalue weighted by Crippen LogP contribution is -2.53. The second-order valence-corrected chi connectivity index (χ2v) is 14.1. The van der Waals surface area contributed by atoms with Crippen LogP contribution in [-0.4, -0.2) is 82.3 Å². The molecule has 11 heteroatoms. The number of hydrogen-bond donors (Lipinski definition) is 2. The number of nitrogens with zero attached hydrogens (tertiary/aromatic N) is 2. The SMILES string of the molecule is CC/C(=C\c1cc(C(=O)N2CCC(N3CCCC4(C3)CC(C)(C)OC4=O)CC2)c(NC(=O)OC(C)(C)C)s1)C(=O)O. The summed E-state index contributed by atoms with van der Waals surface area (Å²) < 4.78 is 11.1. The van der Waals surface area contributed by atoms with Gasteiger partial charge in [0, 0.05) is 42.5 Å². The predicted octanol–water partition coefficient (Wildman–Crippen LogP) is 5.39. The second-order valence-electron chi connectivity index (χ2n) is 13.1. The molecule has 1 unspecified atom stereocenters. The van der Waals surface area contributed by atoms with Gasteiger partial charge in [0.1, 0.15) is 16.2 Å². The van der Waals surface area contributed by atoms with Crippen LogP contribution in [0.2, 0.25) is 0 Å². The number of esters is 1. The summed E-state index contributed by atoms with van der Waals surface area (Å²) in [4.78, 5) is 55.5. The number of cyclic esters (lactones) is 1. The number of rotatable bonds is 6. The van der Waals surface area contributed by atoms with Crippen LogP contribution in [0.15, 0.2) is 11.6 Å². The number of likely N-dealkylation sites (tertiary alicyclic amines) is 2. The van der Waals surface area contributed by atoms with Gasteiger partial charge in [-0.2, -0.15) is 0 Å². The first-order valence-corrected chi connectivity index (χ1v) is 15.3. The van der Waals surface area contributed by atoms with Gasteiger partial charge in [-0.1, -0.05) is 6.92 Å². The molecular formula is C30H43N3O7S. The van der Waals surface area contributed by atoms with Crippen LogP contribution in [0.5, 0.6) is 0 Å². The molecule has 1 aromatic heterocycles. The molecule has 3 fully saturated rings. The molecule has 10 nitrogen and oxygen atoms in total. The zero-order valence-corrected chi connectivity index (χ0v) is 25.8. The van der Waals surface area contributed by atoms with Gasteiger partial charge in [0.25, 0.3) is 5.91 Å². The third kappa shape index (κ3) is 7.30. The van der Waals surface area contributed by atoms with Crippen LogP contribution in [0.4, 0.5) is 9.80 Å². The predicted molar refractivity (Wildman–Crippen MR) is 157 cm³/mol. The number of nitrogens with one attached hydrogen (secondary N) is 1. The molecule has 1 atom stereocenters. The molecule has 2 amide bonds. The number of ether oxygens (including phenoxy) is 2. The van der Waals surface area contributed by atoms with Gasteiger partial charge in [-0.3, -0.25) is 19.8 Å². The van der Waals surface area contributed by atoms with Crippen LogP contribution in [0.3, 0.4) is 0 Å². The zero-order chi connectivity index (χ0) is 30.2. The van der Waals surface area contributed by atoms with Crippen molar-refractivity contribution in [1.29, 1.82) is 0 Å². The van der Waals surface area contributed by atoms with Crippen LogP contribution in [-0.2, 0) is 19.1 Å². The van der Waals surface area contributed by atoms with E-state index in [1.165, 1.54) is 6.08 Å². The average Bonchev–Trinajstić information content (AvgIpc) is 3.36. The number of carbonyl (C=O) groups is 4. The van der Waals surface area contributed by atoms with E-state index < -0.39 is 28.7 Å². The number of amides is 2. The molecule has 0 aromatic carbocycles. The summed E-state index contributed by atoms with van der Waals surface area (Å²) in [6.45, 7) is 13.7. The van der Waals surface area contributed by atoms with Gasteiger partial charge < -0.3 is 19.5 Å². The fraction of sp³-hybridized carbons (Fsp3) is 0.667. The Labute approximate surface area is 246 Å². The smallest absolute Gasteiger partial charge is 0.412 e. The Bertz CT molecular complexity index is 1220. The Morgan fingerprint density at radius 1 is 1.22 bits per heavy atom. The lowest BCUT2D eigenvalue weighted by molar-refractivity contribution is -0.154. The van der Waals surface area contributed by atoms with Gasteiger partial charge in [0.2, 0.25) is 0 Å². The Morgan fingerprint density at radius 3 is 2.46 bits per heavy atom. The second kappa shape index (κ2) is 11.8. The maximum absolute atomic E-state index is 13.7. The summed E-state index contributed by atoms with van der Waals surface area (Å²) in [5, 5.41) is 12.5. The van der Waals surface area contributed by atoms with E-state index in [4.69, 9.17) is 9.47 Å². The molecule has 3 aliphatic heterocycles. The molecule has 2 N–H and O–H groups in total. The summed E-state index contributed by atoms with van der Waals surface area (Å²) in [7, 11) is 0. The minimum absolute atomic E-state index is 0.0822. The maximum Gasteiger partial charge on any atom is 0.412 e. The highest BCUT2D eigenvalue weighted by Gasteiger charge is 2.54. The Morgan fingerprint density at radius 2 is 1.90 bits per heavy atom. The normalized spacial score (nSPS) is 23.9. The van der Waals surface area contributed by atoms with E-state index in [1.807, 2.05) is 13.8 Å². The van der Waals surface area contributed by atoms with Gasteiger partial charge in [-0.25, -0.2) is 9.59 Å². The van der Waals surface area contributed by atoms with Crippen molar-refractivity contribution in [3.05, 3.63) is 22.1 Å². The first-order valence-electron chi connectivity index (χ1n) is 14.5. The van der Waals surface area contributed by atoms with E-state index in [9.17, 15) is 24.3 Å². The standard InChI is InChI=1S/C30H43N3O7S/c1-7-19(25(35)36)15-21-16-22(23(41-21)31-27(38)40-28(2,3)4)24(34)32-13-9-20(10-14-32)33-12-8-11-30(18-33)17-29(5,6)39-26(30)37/h15-16,20H,7-14,17-18H2,1-6H3,(H,31,38)(H,35,36)/b19-15+. The van der Waals surface area contributed by atoms with Crippen molar-refractivity contribution in [3.8, 4) is 0 Å². The Balaban J connectivity index is 1.47. The summed E-state index contributed by atoms with van der Waals surface area (Å²) in [5.74, 6) is -1.32. The van der Waals surface area contributed by atoms with Crippen LogP contribution in [0.1, 0.15) is 95.3 Å². The molecule has 3 aliphatic rings. The summed E-state index contributed by atoms with van der Waals surface area (Å²) in [6, 6.07) is 1.92. The average molecular weight is 590 g/mol. The van der Waals surface area contributed by atoms with Crippen molar-refractivity contribution in [2.45, 2.75) is 97.3 Å². The zero-order valence-electron chi connectivity index (χ0n) is 25.0. The molecule has 41 heavy (non-hydrogen) atoms. The largest absolute Gasteiger partial charge is 0.478 e. The highest BCUT2D eigenvalue weighted by molar-refractivity contribution is 7.17. The lowest BCUT2D eigenvalue weighted by Gasteiger charge is -2.44. The minimum Gasteiger partial charge on any atom is -0.478 e. The fourth-order valence-electron chi connectivity index (χ4n) is 6.29. The minimum atomic E-state index is -1.02. The maximum atomic E-state index is 13.7. The molecule has 0 saturated carbocycles. The van der Waals surface area contributed by atoms with Gasteiger partial charge in [0.15, 0.2) is 0 Å². The van der Waals surface area contributed by atoms with Crippen LogP contribution >= 0.6 is 11.3 Å². The summed E-state index contributed by atoms with van der Waals surface area (Å²) >= 11 is 1.15.